The number of nitro groups is 2. The third kappa shape index (κ3) is 1.99. The van der Waals surface area contributed by atoms with E-state index in [1.165, 1.54) is 0 Å². The average molecular weight is 290 g/mol. The Kier molecular flexibility index (Phi) is 3.23. The van der Waals surface area contributed by atoms with Crippen LogP contribution in [0, 0.1) is 20.2 Å². The van der Waals surface area contributed by atoms with Gasteiger partial charge in [-0.2, -0.15) is 0 Å². The van der Waals surface area contributed by atoms with Crippen LogP contribution in [0.15, 0.2) is 16.6 Å². The molecule has 2 aromatic rings. The first-order valence-electron chi connectivity index (χ1n) is 4.95. The Labute approximate surface area is 112 Å². The molecule has 0 aliphatic heterocycles. The van der Waals surface area contributed by atoms with Crippen molar-refractivity contribution in [2.45, 2.75) is 0 Å². The van der Waals surface area contributed by atoms with Gasteiger partial charge < -0.3 is 4.98 Å². The van der Waals surface area contributed by atoms with Gasteiger partial charge in [0, 0.05) is 9.82 Å². The third-order valence-corrected chi connectivity index (χ3v) is 2.43. The number of nitro benzene ring substituents is 2. The molecule has 1 heterocycles. The summed E-state index contributed by atoms with van der Waals surface area (Å²) in [5, 5.41) is 28.3. The largest absolute Gasteiger partial charge is 0.339 e. The van der Waals surface area contributed by atoms with Crippen LogP contribution in [0.2, 0.25) is 0 Å². The topological polar surface area (TPSA) is 212 Å². The zero-order chi connectivity index (χ0) is 15.6. The van der Waals surface area contributed by atoms with E-state index in [0.717, 1.165) is 6.33 Å². The first-order chi connectivity index (χ1) is 10.0. The average Bonchev–Trinajstić information content (AvgIpc) is 2.87. The van der Waals surface area contributed by atoms with Crippen LogP contribution in [0.5, 0.6) is 0 Å². The summed E-state index contributed by atoms with van der Waals surface area (Å²) in [4.78, 5) is 31.0. The van der Waals surface area contributed by atoms with Gasteiger partial charge in [-0.3, -0.25) is 20.2 Å². The molecule has 0 aliphatic carbocycles. The highest BCUT2D eigenvalue weighted by molar-refractivity contribution is 6.04. The van der Waals surface area contributed by atoms with E-state index in [1.54, 1.807) is 0 Å². The van der Waals surface area contributed by atoms with Gasteiger partial charge in [0.15, 0.2) is 5.69 Å². The quantitative estimate of drug-likeness (QED) is 0.294. The van der Waals surface area contributed by atoms with Gasteiger partial charge in [-0.1, -0.05) is 5.11 Å². The van der Waals surface area contributed by atoms with Crippen molar-refractivity contribution in [3.05, 3.63) is 47.4 Å². The third-order valence-electron chi connectivity index (χ3n) is 2.43. The summed E-state index contributed by atoms with van der Waals surface area (Å²) < 4.78 is 0. The Bertz CT molecular complexity index is 829. The lowest BCUT2D eigenvalue weighted by molar-refractivity contribution is -0.391. The van der Waals surface area contributed by atoms with E-state index in [-0.39, 0.29) is 11.0 Å². The van der Waals surface area contributed by atoms with E-state index in [0.29, 0.717) is 0 Å². The Morgan fingerprint density at radius 1 is 1.10 bits per heavy atom. The number of H-pyrrole nitrogens is 1. The van der Waals surface area contributed by atoms with E-state index in [1.807, 2.05) is 0 Å². The molecule has 0 amide bonds. The van der Waals surface area contributed by atoms with Crippen molar-refractivity contribution in [1.29, 1.82) is 0 Å². The lowest BCUT2D eigenvalue weighted by Gasteiger charge is -2.03. The van der Waals surface area contributed by atoms with E-state index in [2.05, 4.69) is 30.0 Å². The number of aromatic nitrogens is 2. The number of fused-ring (bicyclic) bond motifs is 1. The van der Waals surface area contributed by atoms with Gasteiger partial charge >= 0.3 is 5.69 Å². The Hall–Kier alpha value is -3.89. The molecule has 0 saturated heterocycles. The standard InChI is InChI=1S/C7H2N10O4/c8-14-12-4-2-3(11-1-10-2)6(16(18)19)5(13-15-9)7(4)17(20)21/h1H,(H,10,11). The minimum absolute atomic E-state index is 0.254. The number of azide groups is 2. The van der Waals surface area contributed by atoms with Crippen molar-refractivity contribution in [1.82, 2.24) is 9.97 Å². The van der Waals surface area contributed by atoms with Crippen molar-refractivity contribution in [2.24, 2.45) is 10.2 Å². The van der Waals surface area contributed by atoms with Gasteiger partial charge in [-0.25, -0.2) is 4.98 Å². The van der Waals surface area contributed by atoms with Gasteiger partial charge in [0.05, 0.1) is 16.2 Å². The number of hydrogen-bond acceptors (Lipinski definition) is 7. The highest BCUT2D eigenvalue weighted by atomic mass is 16.6. The highest BCUT2D eigenvalue weighted by Gasteiger charge is 2.34. The zero-order valence-electron chi connectivity index (χ0n) is 9.74. The van der Waals surface area contributed by atoms with Gasteiger partial charge in [-0.15, -0.1) is 0 Å². The summed E-state index contributed by atoms with van der Waals surface area (Å²) in [6.07, 6.45) is 1.03. The molecule has 1 aromatic heterocycles. The molecule has 0 saturated carbocycles. The van der Waals surface area contributed by atoms with Crippen molar-refractivity contribution >= 4 is 33.8 Å². The fourth-order valence-corrected chi connectivity index (χ4v) is 1.74. The van der Waals surface area contributed by atoms with E-state index in [4.69, 9.17) is 11.1 Å². The minimum atomic E-state index is -1.05. The maximum atomic E-state index is 11.1. The molecule has 0 radical (unpaired) electrons. The second-order valence-electron chi connectivity index (χ2n) is 3.41. The van der Waals surface area contributed by atoms with Crippen molar-refractivity contribution in [2.75, 3.05) is 0 Å². The number of hydrogen-bond donors (Lipinski definition) is 1. The summed E-state index contributed by atoms with van der Waals surface area (Å²) >= 11 is 0. The molecule has 14 nitrogen and oxygen atoms in total. The fourth-order valence-electron chi connectivity index (χ4n) is 1.74. The van der Waals surface area contributed by atoms with Crippen LogP contribution < -0.4 is 0 Å². The fraction of sp³-hybridized carbons (Fsp3) is 0. The number of imidazole rings is 1. The van der Waals surface area contributed by atoms with Crippen LogP contribution in [0.25, 0.3) is 31.9 Å². The molecule has 1 N–H and O–H groups in total. The first kappa shape index (κ1) is 13.5. The van der Waals surface area contributed by atoms with Crippen LogP contribution in [0.1, 0.15) is 0 Å². The molecule has 1 aromatic carbocycles. The molecule has 14 heteroatoms. The molecule has 2 rings (SSSR count). The smallest absolute Gasteiger partial charge is 0.311 e. The van der Waals surface area contributed by atoms with Gasteiger partial charge in [0.25, 0.3) is 5.69 Å². The molecule has 0 spiro atoms. The summed E-state index contributed by atoms with van der Waals surface area (Å²) in [6, 6.07) is 0. The summed E-state index contributed by atoms with van der Waals surface area (Å²) in [5.74, 6) is 0. The number of rotatable bonds is 4. The predicted molar refractivity (Wildman–Crippen MR) is 67.0 cm³/mol. The second-order valence-corrected chi connectivity index (χ2v) is 3.41. The molecule has 0 aliphatic rings. The van der Waals surface area contributed by atoms with Crippen molar-refractivity contribution in [3.8, 4) is 0 Å². The van der Waals surface area contributed by atoms with E-state index < -0.39 is 32.6 Å². The van der Waals surface area contributed by atoms with Gasteiger partial charge in [0.1, 0.15) is 16.7 Å². The maximum Gasteiger partial charge on any atom is 0.311 e. The lowest BCUT2D eigenvalue weighted by Crippen LogP contribution is -1.96. The summed E-state index contributed by atoms with van der Waals surface area (Å²) in [7, 11) is 0. The van der Waals surface area contributed by atoms with Crippen LogP contribution >= 0.6 is 0 Å². The first-order valence-corrected chi connectivity index (χ1v) is 4.95. The number of nitrogens with zero attached hydrogens (tertiary/aromatic N) is 9. The number of aromatic amines is 1. The van der Waals surface area contributed by atoms with E-state index in [9.17, 15) is 20.2 Å². The number of nitrogens with one attached hydrogen (secondary N) is 1. The molecular weight excluding hydrogens is 288 g/mol. The molecule has 0 unspecified atom stereocenters. The lowest BCUT2D eigenvalue weighted by atomic mass is 10.1. The Balaban J connectivity index is 3.18. The summed E-state index contributed by atoms with van der Waals surface area (Å²) in [5.41, 5.74) is 13.1. The molecule has 0 atom stereocenters. The zero-order valence-corrected chi connectivity index (χ0v) is 9.74. The van der Waals surface area contributed by atoms with Crippen LogP contribution in [0.3, 0.4) is 0 Å². The van der Waals surface area contributed by atoms with Gasteiger partial charge in [0.2, 0.25) is 0 Å². The number of benzene rings is 1. The normalized spacial score (nSPS) is 9.71. The van der Waals surface area contributed by atoms with Crippen molar-refractivity contribution in [3.63, 3.8) is 0 Å². The predicted octanol–water partition coefficient (Wildman–Crippen LogP) is 3.26. The molecule has 0 fully saturated rings. The van der Waals surface area contributed by atoms with Crippen molar-refractivity contribution < 1.29 is 9.85 Å². The van der Waals surface area contributed by atoms with Crippen LogP contribution in [-0.4, -0.2) is 19.8 Å². The SMILES string of the molecule is [N-]=[N+]=Nc1c([N+](=O)[O-])c(N=[N+]=[N-])c2nc[nH]c2c1[N+](=O)[O-]. The minimum Gasteiger partial charge on any atom is -0.339 e. The monoisotopic (exact) mass is 290 g/mol. The Morgan fingerprint density at radius 3 is 2.19 bits per heavy atom. The highest BCUT2D eigenvalue weighted by Crippen LogP contribution is 2.49. The van der Waals surface area contributed by atoms with Gasteiger partial charge in [-0.05, 0) is 16.2 Å². The maximum absolute atomic E-state index is 11.1. The van der Waals surface area contributed by atoms with Crippen LogP contribution in [-0.2, 0) is 0 Å². The van der Waals surface area contributed by atoms with Crippen LogP contribution in [0.4, 0.5) is 22.7 Å². The van der Waals surface area contributed by atoms with E-state index >= 15 is 0 Å². The Morgan fingerprint density at radius 2 is 1.67 bits per heavy atom. The second kappa shape index (κ2) is 5.00. The molecule has 0 bridgehead atoms. The molecule has 104 valence electrons. The summed E-state index contributed by atoms with van der Waals surface area (Å²) in [6.45, 7) is 0. The molecule has 21 heavy (non-hydrogen) atoms. The molecular formula is C7H2N10O4.